The third kappa shape index (κ3) is 4.96. The van der Waals surface area contributed by atoms with E-state index in [1.54, 1.807) is 7.11 Å². The van der Waals surface area contributed by atoms with Gasteiger partial charge in [-0.2, -0.15) is 0 Å². The first-order chi connectivity index (χ1) is 8.48. The normalized spacial score (nSPS) is 14.3. The highest BCUT2D eigenvalue weighted by Crippen LogP contribution is 2.27. The number of methoxy groups -OCH3 is 1. The smallest absolute Gasteiger partial charge is 0.119 e. The Kier molecular flexibility index (Phi) is 6.12. The van der Waals surface area contributed by atoms with Crippen LogP contribution in [0.1, 0.15) is 25.8 Å². The van der Waals surface area contributed by atoms with E-state index in [0.29, 0.717) is 6.42 Å². The molecule has 0 aliphatic heterocycles. The third-order valence-electron chi connectivity index (χ3n) is 2.91. The molecule has 3 nitrogen and oxygen atoms in total. The summed E-state index contributed by atoms with van der Waals surface area (Å²) >= 11 is 3.51. The van der Waals surface area contributed by atoms with Crippen LogP contribution in [0.5, 0.6) is 5.75 Å². The van der Waals surface area contributed by atoms with Crippen LogP contribution in [0.4, 0.5) is 0 Å². The Bertz CT molecular complexity index is 380. The lowest BCUT2D eigenvalue weighted by molar-refractivity contribution is 0.0515. The minimum atomic E-state index is -0.711. The SMILES string of the molecule is CCNCCC(C)(O)Cc1cc(OC)ccc1Br. The van der Waals surface area contributed by atoms with E-state index in [-0.39, 0.29) is 0 Å². The van der Waals surface area contributed by atoms with Crippen molar-refractivity contribution in [3.8, 4) is 5.75 Å². The van der Waals surface area contributed by atoms with Crippen molar-refractivity contribution < 1.29 is 9.84 Å². The van der Waals surface area contributed by atoms with Crippen LogP contribution in [0.25, 0.3) is 0 Å². The maximum absolute atomic E-state index is 10.4. The van der Waals surface area contributed by atoms with E-state index in [2.05, 4.69) is 28.2 Å². The molecule has 1 atom stereocenters. The first kappa shape index (κ1) is 15.5. The minimum absolute atomic E-state index is 0.607. The monoisotopic (exact) mass is 315 g/mol. The van der Waals surface area contributed by atoms with Crippen LogP contribution >= 0.6 is 15.9 Å². The highest BCUT2D eigenvalue weighted by molar-refractivity contribution is 9.10. The number of benzene rings is 1. The van der Waals surface area contributed by atoms with E-state index < -0.39 is 5.60 Å². The lowest BCUT2D eigenvalue weighted by Crippen LogP contribution is -2.32. The predicted molar refractivity (Wildman–Crippen MR) is 78.2 cm³/mol. The van der Waals surface area contributed by atoms with Crippen molar-refractivity contribution in [3.05, 3.63) is 28.2 Å². The fourth-order valence-electron chi connectivity index (χ4n) is 1.85. The van der Waals surface area contributed by atoms with E-state index in [1.807, 2.05) is 25.1 Å². The van der Waals surface area contributed by atoms with Gasteiger partial charge in [-0.15, -0.1) is 0 Å². The fraction of sp³-hybridized carbons (Fsp3) is 0.571. The summed E-state index contributed by atoms with van der Waals surface area (Å²) in [5.41, 5.74) is 0.354. The zero-order valence-electron chi connectivity index (χ0n) is 11.3. The molecular formula is C14H22BrNO2. The average molecular weight is 316 g/mol. The molecule has 0 bridgehead atoms. The summed E-state index contributed by atoms with van der Waals surface area (Å²) in [4.78, 5) is 0. The molecule has 0 spiro atoms. The molecule has 0 aromatic heterocycles. The Hall–Kier alpha value is -0.580. The highest BCUT2D eigenvalue weighted by Gasteiger charge is 2.21. The summed E-state index contributed by atoms with van der Waals surface area (Å²) in [6, 6.07) is 5.82. The number of hydrogen-bond donors (Lipinski definition) is 2. The van der Waals surface area contributed by atoms with E-state index in [9.17, 15) is 5.11 Å². The quantitative estimate of drug-likeness (QED) is 0.760. The topological polar surface area (TPSA) is 41.5 Å². The molecule has 4 heteroatoms. The lowest BCUT2D eigenvalue weighted by atomic mass is 9.93. The molecule has 1 rings (SSSR count). The number of ether oxygens (including phenoxy) is 1. The van der Waals surface area contributed by atoms with Crippen molar-refractivity contribution in [1.29, 1.82) is 0 Å². The van der Waals surface area contributed by atoms with Gasteiger partial charge in [0.2, 0.25) is 0 Å². The van der Waals surface area contributed by atoms with Crippen molar-refractivity contribution >= 4 is 15.9 Å². The van der Waals surface area contributed by atoms with Gasteiger partial charge in [0, 0.05) is 10.9 Å². The van der Waals surface area contributed by atoms with Crippen molar-refractivity contribution in [2.24, 2.45) is 0 Å². The van der Waals surface area contributed by atoms with Crippen LogP contribution in [-0.2, 0) is 6.42 Å². The molecule has 1 unspecified atom stereocenters. The predicted octanol–water partition coefficient (Wildman–Crippen LogP) is 2.75. The Morgan fingerprint density at radius 1 is 1.44 bits per heavy atom. The maximum Gasteiger partial charge on any atom is 0.119 e. The van der Waals surface area contributed by atoms with Crippen LogP contribution in [-0.4, -0.2) is 30.9 Å². The second kappa shape index (κ2) is 7.12. The van der Waals surface area contributed by atoms with Crippen LogP contribution in [0.3, 0.4) is 0 Å². The van der Waals surface area contributed by atoms with Crippen LogP contribution in [0.15, 0.2) is 22.7 Å². The molecule has 0 radical (unpaired) electrons. The molecule has 1 aromatic rings. The molecular weight excluding hydrogens is 294 g/mol. The molecule has 18 heavy (non-hydrogen) atoms. The third-order valence-corrected chi connectivity index (χ3v) is 3.69. The van der Waals surface area contributed by atoms with Crippen molar-refractivity contribution in [2.75, 3.05) is 20.2 Å². The molecule has 0 saturated carbocycles. The summed E-state index contributed by atoms with van der Waals surface area (Å²) in [5.74, 6) is 0.815. The van der Waals surface area contributed by atoms with Gasteiger partial charge in [-0.1, -0.05) is 22.9 Å². The van der Waals surface area contributed by atoms with Gasteiger partial charge in [-0.3, -0.25) is 0 Å². The fourth-order valence-corrected chi connectivity index (χ4v) is 2.23. The molecule has 0 aliphatic carbocycles. The molecule has 0 saturated heterocycles. The number of rotatable bonds is 7. The summed E-state index contributed by atoms with van der Waals surface area (Å²) in [7, 11) is 1.65. The largest absolute Gasteiger partial charge is 0.497 e. The molecule has 102 valence electrons. The second-order valence-corrected chi connectivity index (χ2v) is 5.59. The molecule has 0 fully saturated rings. The number of hydrogen-bond acceptors (Lipinski definition) is 3. The summed E-state index contributed by atoms with van der Waals surface area (Å²) < 4.78 is 6.21. The number of aliphatic hydroxyl groups is 1. The van der Waals surface area contributed by atoms with Crippen molar-refractivity contribution in [1.82, 2.24) is 5.32 Å². The standard InChI is InChI=1S/C14H22BrNO2/c1-4-16-8-7-14(2,17)10-11-9-12(18-3)5-6-13(11)15/h5-6,9,16-17H,4,7-8,10H2,1-3H3. The van der Waals surface area contributed by atoms with Gasteiger partial charge in [-0.25, -0.2) is 0 Å². The van der Waals surface area contributed by atoms with Gasteiger partial charge in [-0.05, 0) is 50.2 Å². The Labute approximate surface area is 118 Å². The number of nitrogens with one attached hydrogen (secondary N) is 1. The first-order valence-electron chi connectivity index (χ1n) is 6.24. The van der Waals surface area contributed by atoms with E-state index >= 15 is 0 Å². The minimum Gasteiger partial charge on any atom is -0.497 e. The zero-order chi connectivity index (χ0) is 13.6. The maximum atomic E-state index is 10.4. The van der Waals surface area contributed by atoms with Crippen molar-refractivity contribution in [3.63, 3.8) is 0 Å². The van der Waals surface area contributed by atoms with Gasteiger partial charge < -0.3 is 15.2 Å². The first-order valence-corrected chi connectivity index (χ1v) is 7.03. The highest BCUT2D eigenvalue weighted by atomic mass is 79.9. The van der Waals surface area contributed by atoms with E-state index in [0.717, 1.165) is 35.3 Å². The molecule has 2 N–H and O–H groups in total. The summed E-state index contributed by atoms with van der Waals surface area (Å²) in [6.45, 7) is 5.69. The molecule has 0 amide bonds. The lowest BCUT2D eigenvalue weighted by Gasteiger charge is -2.24. The van der Waals surface area contributed by atoms with Crippen LogP contribution in [0.2, 0.25) is 0 Å². The molecule has 0 aliphatic rings. The van der Waals surface area contributed by atoms with Gasteiger partial charge in [0.05, 0.1) is 12.7 Å². The molecule has 0 heterocycles. The molecule has 1 aromatic carbocycles. The average Bonchev–Trinajstić information content (AvgIpc) is 2.32. The number of halogens is 1. The van der Waals surface area contributed by atoms with Crippen molar-refractivity contribution in [2.45, 2.75) is 32.3 Å². The van der Waals surface area contributed by atoms with Gasteiger partial charge >= 0.3 is 0 Å². The summed E-state index contributed by atoms with van der Waals surface area (Å²) in [6.07, 6.45) is 1.33. The Morgan fingerprint density at radius 3 is 2.78 bits per heavy atom. The van der Waals surface area contributed by atoms with Gasteiger partial charge in [0.25, 0.3) is 0 Å². The summed E-state index contributed by atoms with van der Waals surface area (Å²) in [5, 5.41) is 13.6. The Balaban J connectivity index is 2.70. The second-order valence-electron chi connectivity index (χ2n) is 4.73. The Morgan fingerprint density at radius 2 is 2.17 bits per heavy atom. The van der Waals surface area contributed by atoms with Gasteiger partial charge in [0.1, 0.15) is 5.75 Å². The van der Waals surface area contributed by atoms with Crippen LogP contribution in [0, 0.1) is 0 Å². The van der Waals surface area contributed by atoms with E-state index in [1.165, 1.54) is 0 Å². The zero-order valence-corrected chi connectivity index (χ0v) is 12.9. The van der Waals surface area contributed by atoms with Gasteiger partial charge in [0.15, 0.2) is 0 Å². The van der Waals surface area contributed by atoms with Crippen LogP contribution < -0.4 is 10.1 Å². The van der Waals surface area contributed by atoms with E-state index in [4.69, 9.17) is 4.74 Å².